The fourth-order valence-electron chi connectivity index (χ4n) is 2.64. The first-order valence-electron chi connectivity index (χ1n) is 7.15. The summed E-state index contributed by atoms with van der Waals surface area (Å²) in [6.07, 6.45) is 5.69. The van der Waals surface area contributed by atoms with E-state index in [9.17, 15) is 0 Å². The van der Waals surface area contributed by atoms with Crippen molar-refractivity contribution < 1.29 is 0 Å². The zero-order chi connectivity index (χ0) is 13.1. The Labute approximate surface area is 114 Å². The predicted octanol–water partition coefficient (Wildman–Crippen LogP) is 2.55. The molecule has 3 heteroatoms. The van der Waals surface area contributed by atoms with Gasteiger partial charge in [-0.1, -0.05) is 18.2 Å². The first kappa shape index (κ1) is 12.6. The molecule has 1 saturated carbocycles. The molecule has 1 aromatic carbocycles. The largest absolute Gasteiger partial charge is 0.330 e. The second-order valence-electron chi connectivity index (χ2n) is 5.33. The van der Waals surface area contributed by atoms with Gasteiger partial charge in [-0.15, -0.1) is 0 Å². The topological polar surface area (TPSA) is 42.1 Å². The average Bonchev–Trinajstić information content (AvgIpc) is 3.28. The molecule has 1 aliphatic carbocycles. The van der Waals surface area contributed by atoms with E-state index in [1.54, 1.807) is 0 Å². The van der Waals surface area contributed by atoms with Crippen LogP contribution in [-0.2, 0) is 6.54 Å². The van der Waals surface area contributed by atoms with E-state index in [0.29, 0.717) is 0 Å². The summed E-state index contributed by atoms with van der Waals surface area (Å²) in [6.45, 7) is 2.91. The molecule has 1 heterocycles. The van der Waals surface area contributed by atoms with Gasteiger partial charge in [0.2, 0.25) is 0 Å². The Bertz CT molecular complexity index is 543. The van der Waals surface area contributed by atoms with Crippen molar-refractivity contribution in [3.05, 3.63) is 42.1 Å². The minimum absolute atomic E-state index is 0.776. The average molecular weight is 255 g/mol. The predicted molar refractivity (Wildman–Crippen MR) is 78.8 cm³/mol. The van der Waals surface area contributed by atoms with Crippen molar-refractivity contribution in [2.45, 2.75) is 31.8 Å². The van der Waals surface area contributed by atoms with Crippen LogP contribution >= 0.6 is 0 Å². The summed E-state index contributed by atoms with van der Waals surface area (Å²) < 4.78 is 0. The van der Waals surface area contributed by atoms with Gasteiger partial charge in [0.05, 0.1) is 5.52 Å². The highest BCUT2D eigenvalue weighted by atomic mass is 15.2. The van der Waals surface area contributed by atoms with E-state index in [4.69, 9.17) is 5.73 Å². The summed E-state index contributed by atoms with van der Waals surface area (Å²) in [5, 5.41) is 1.28. The molecule has 0 unspecified atom stereocenters. The molecule has 0 radical (unpaired) electrons. The molecule has 0 spiro atoms. The molecule has 1 aromatic heterocycles. The van der Waals surface area contributed by atoms with Crippen molar-refractivity contribution in [3.63, 3.8) is 0 Å². The number of rotatable bonds is 6. The summed E-state index contributed by atoms with van der Waals surface area (Å²) in [6, 6.07) is 11.3. The highest BCUT2D eigenvalue weighted by Gasteiger charge is 2.28. The lowest BCUT2D eigenvalue weighted by Gasteiger charge is -2.22. The van der Waals surface area contributed by atoms with Crippen LogP contribution in [0.2, 0.25) is 0 Å². The number of pyridine rings is 1. The van der Waals surface area contributed by atoms with E-state index in [1.165, 1.54) is 23.8 Å². The lowest BCUT2D eigenvalue weighted by atomic mass is 10.1. The number of nitrogens with two attached hydrogens (primary N) is 1. The van der Waals surface area contributed by atoms with Crippen molar-refractivity contribution in [1.29, 1.82) is 0 Å². The van der Waals surface area contributed by atoms with Crippen molar-refractivity contribution in [3.8, 4) is 0 Å². The molecule has 2 N–H and O–H groups in total. The molecule has 0 saturated heterocycles. The summed E-state index contributed by atoms with van der Waals surface area (Å²) in [4.78, 5) is 7.01. The number of hydrogen-bond acceptors (Lipinski definition) is 3. The fraction of sp³-hybridized carbons (Fsp3) is 0.438. The molecular weight excluding hydrogens is 234 g/mol. The van der Waals surface area contributed by atoms with Crippen LogP contribution in [0, 0.1) is 0 Å². The van der Waals surface area contributed by atoms with Gasteiger partial charge in [-0.2, -0.15) is 0 Å². The molecule has 0 atom stereocenters. The second kappa shape index (κ2) is 5.68. The third-order valence-electron chi connectivity index (χ3n) is 3.83. The Balaban J connectivity index is 1.82. The molecule has 3 nitrogen and oxygen atoms in total. The molecule has 1 fully saturated rings. The lowest BCUT2D eigenvalue weighted by Crippen LogP contribution is -2.28. The van der Waals surface area contributed by atoms with Crippen LogP contribution in [0.3, 0.4) is 0 Å². The van der Waals surface area contributed by atoms with Gasteiger partial charge in [0.1, 0.15) is 0 Å². The molecule has 2 aromatic rings. The van der Waals surface area contributed by atoms with Gasteiger partial charge in [0, 0.05) is 24.2 Å². The summed E-state index contributed by atoms with van der Waals surface area (Å²) >= 11 is 0. The molecule has 1 aliphatic rings. The Morgan fingerprint density at radius 1 is 1.21 bits per heavy atom. The number of hydrogen-bond donors (Lipinski definition) is 1. The molecule has 0 aliphatic heterocycles. The van der Waals surface area contributed by atoms with Crippen molar-refractivity contribution in [2.75, 3.05) is 13.1 Å². The minimum Gasteiger partial charge on any atom is -0.330 e. The molecule has 0 amide bonds. The summed E-state index contributed by atoms with van der Waals surface area (Å²) in [5.74, 6) is 0. The maximum atomic E-state index is 5.64. The molecule has 100 valence electrons. The van der Waals surface area contributed by atoms with Gasteiger partial charge >= 0.3 is 0 Å². The minimum atomic E-state index is 0.776. The van der Waals surface area contributed by atoms with E-state index in [2.05, 4.69) is 34.1 Å². The molecular formula is C16H21N3. The van der Waals surface area contributed by atoms with E-state index in [1.807, 2.05) is 12.3 Å². The standard InChI is InChI=1S/C16H21N3/c17-9-3-11-19(14-6-7-14)12-13-8-10-18-16-5-2-1-4-15(13)16/h1-2,4-5,8,10,14H,3,6-7,9,11-12,17H2. The summed E-state index contributed by atoms with van der Waals surface area (Å²) in [5.41, 5.74) is 8.12. The smallest absolute Gasteiger partial charge is 0.0705 e. The maximum Gasteiger partial charge on any atom is 0.0705 e. The first-order valence-corrected chi connectivity index (χ1v) is 7.15. The third kappa shape index (κ3) is 2.94. The van der Waals surface area contributed by atoms with Crippen LogP contribution in [0.1, 0.15) is 24.8 Å². The Morgan fingerprint density at radius 3 is 2.84 bits per heavy atom. The van der Waals surface area contributed by atoms with Crippen LogP contribution in [0.5, 0.6) is 0 Å². The van der Waals surface area contributed by atoms with Gasteiger partial charge in [-0.3, -0.25) is 9.88 Å². The van der Waals surface area contributed by atoms with E-state index < -0.39 is 0 Å². The molecule has 3 rings (SSSR count). The summed E-state index contributed by atoms with van der Waals surface area (Å²) in [7, 11) is 0. The van der Waals surface area contributed by atoms with E-state index in [0.717, 1.165) is 37.6 Å². The first-order chi connectivity index (χ1) is 9.38. The normalized spacial score (nSPS) is 15.3. The Kier molecular flexibility index (Phi) is 3.76. The zero-order valence-corrected chi connectivity index (χ0v) is 11.3. The van der Waals surface area contributed by atoms with Crippen LogP contribution in [0.25, 0.3) is 10.9 Å². The van der Waals surface area contributed by atoms with Crippen molar-refractivity contribution >= 4 is 10.9 Å². The quantitative estimate of drug-likeness (QED) is 0.862. The maximum absolute atomic E-state index is 5.64. The highest BCUT2D eigenvalue weighted by Crippen LogP contribution is 2.29. The third-order valence-corrected chi connectivity index (χ3v) is 3.83. The molecule has 0 bridgehead atoms. The number of benzene rings is 1. The SMILES string of the molecule is NCCCN(Cc1ccnc2ccccc12)C1CC1. The number of aromatic nitrogens is 1. The number of fused-ring (bicyclic) bond motifs is 1. The van der Waals surface area contributed by atoms with Crippen LogP contribution in [-0.4, -0.2) is 29.0 Å². The van der Waals surface area contributed by atoms with Crippen LogP contribution in [0.15, 0.2) is 36.5 Å². The zero-order valence-electron chi connectivity index (χ0n) is 11.3. The van der Waals surface area contributed by atoms with Gasteiger partial charge in [0.15, 0.2) is 0 Å². The lowest BCUT2D eigenvalue weighted by molar-refractivity contribution is 0.254. The van der Waals surface area contributed by atoms with Gasteiger partial charge in [-0.25, -0.2) is 0 Å². The van der Waals surface area contributed by atoms with Gasteiger partial charge < -0.3 is 5.73 Å². The Hall–Kier alpha value is -1.45. The number of nitrogens with zero attached hydrogens (tertiary/aromatic N) is 2. The fourth-order valence-corrected chi connectivity index (χ4v) is 2.64. The van der Waals surface area contributed by atoms with Crippen LogP contribution in [0.4, 0.5) is 0 Å². The van der Waals surface area contributed by atoms with Crippen LogP contribution < -0.4 is 5.73 Å². The highest BCUT2D eigenvalue weighted by molar-refractivity contribution is 5.81. The van der Waals surface area contributed by atoms with E-state index in [-0.39, 0.29) is 0 Å². The second-order valence-corrected chi connectivity index (χ2v) is 5.33. The monoisotopic (exact) mass is 255 g/mol. The van der Waals surface area contributed by atoms with E-state index >= 15 is 0 Å². The van der Waals surface area contributed by atoms with Crippen molar-refractivity contribution in [1.82, 2.24) is 9.88 Å². The van der Waals surface area contributed by atoms with Gasteiger partial charge in [0.25, 0.3) is 0 Å². The number of para-hydroxylation sites is 1. The van der Waals surface area contributed by atoms with Gasteiger partial charge in [-0.05, 0) is 50.0 Å². The molecule has 19 heavy (non-hydrogen) atoms. The van der Waals surface area contributed by atoms with Crippen molar-refractivity contribution in [2.24, 2.45) is 5.73 Å². The Morgan fingerprint density at radius 2 is 2.05 bits per heavy atom.